The molecule has 0 spiro atoms. The Morgan fingerprint density at radius 1 is 1.53 bits per heavy atom. The number of aromatic nitrogens is 2. The molecule has 86 valence electrons. The molecular weight excluding hydrogens is 194 g/mol. The zero-order valence-corrected chi connectivity index (χ0v) is 9.56. The Morgan fingerprint density at radius 3 is 2.87 bits per heavy atom. The van der Waals surface area contributed by atoms with E-state index >= 15 is 0 Å². The highest BCUT2D eigenvalue weighted by molar-refractivity contribution is 4.92. The van der Waals surface area contributed by atoms with Gasteiger partial charge in [-0.3, -0.25) is 0 Å². The van der Waals surface area contributed by atoms with E-state index in [1.165, 1.54) is 0 Å². The van der Waals surface area contributed by atoms with E-state index in [2.05, 4.69) is 17.1 Å². The Balaban J connectivity index is 2.55. The summed E-state index contributed by atoms with van der Waals surface area (Å²) in [6.07, 6.45) is 2.62. The van der Waals surface area contributed by atoms with Crippen LogP contribution in [0.5, 0.6) is 0 Å². The minimum Gasteiger partial charge on any atom is -0.381 e. The topological polar surface area (TPSA) is 74.2 Å². The van der Waals surface area contributed by atoms with Crippen LogP contribution in [-0.4, -0.2) is 23.4 Å². The Labute approximate surface area is 90.0 Å². The Hall–Kier alpha value is -0.940. The van der Waals surface area contributed by atoms with E-state index in [1.807, 2.05) is 6.92 Å². The quantitative estimate of drug-likeness (QED) is 0.774. The largest absolute Gasteiger partial charge is 0.381 e. The van der Waals surface area contributed by atoms with Crippen LogP contribution in [0.25, 0.3) is 0 Å². The van der Waals surface area contributed by atoms with Crippen LogP contribution in [0.3, 0.4) is 0 Å². The predicted molar refractivity (Wildman–Crippen MR) is 56.3 cm³/mol. The van der Waals surface area contributed by atoms with Gasteiger partial charge in [0.05, 0.1) is 12.1 Å². The van der Waals surface area contributed by atoms with Crippen molar-refractivity contribution in [3.05, 3.63) is 11.7 Å². The third kappa shape index (κ3) is 3.60. The van der Waals surface area contributed by atoms with Crippen LogP contribution in [-0.2, 0) is 11.2 Å². The monoisotopic (exact) mass is 213 g/mol. The van der Waals surface area contributed by atoms with E-state index in [0.717, 1.165) is 12.8 Å². The lowest BCUT2D eigenvalue weighted by Gasteiger charge is -2.04. The molecule has 0 amide bonds. The Bertz CT molecular complexity index is 288. The van der Waals surface area contributed by atoms with Gasteiger partial charge < -0.3 is 15.0 Å². The smallest absolute Gasteiger partial charge is 0.243 e. The molecule has 15 heavy (non-hydrogen) atoms. The summed E-state index contributed by atoms with van der Waals surface area (Å²) in [6, 6.07) is -0.144. The maximum Gasteiger partial charge on any atom is 0.243 e. The molecule has 0 fully saturated rings. The van der Waals surface area contributed by atoms with Gasteiger partial charge in [0.25, 0.3) is 0 Å². The van der Waals surface area contributed by atoms with Crippen LogP contribution >= 0.6 is 0 Å². The standard InChI is InChI=1S/C10H19N3O2/c1-4-5-8(11)10-12-9(13-15-10)6-7(2)14-3/h7-8H,4-6,11H2,1-3H3. The van der Waals surface area contributed by atoms with E-state index in [4.69, 9.17) is 15.0 Å². The molecule has 5 heteroatoms. The number of nitrogens with two attached hydrogens (primary N) is 1. The van der Waals surface area contributed by atoms with Gasteiger partial charge in [-0.25, -0.2) is 0 Å². The van der Waals surface area contributed by atoms with Crippen molar-refractivity contribution < 1.29 is 9.26 Å². The first-order chi connectivity index (χ1) is 7.17. The van der Waals surface area contributed by atoms with Crippen molar-refractivity contribution in [1.29, 1.82) is 0 Å². The summed E-state index contributed by atoms with van der Waals surface area (Å²) < 4.78 is 10.2. The Morgan fingerprint density at radius 2 is 2.27 bits per heavy atom. The van der Waals surface area contributed by atoms with Crippen molar-refractivity contribution in [2.24, 2.45) is 5.73 Å². The fourth-order valence-electron chi connectivity index (χ4n) is 1.28. The normalized spacial score (nSPS) is 15.2. The second-order valence-electron chi connectivity index (χ2n) is 3.69. The Kier molecular flexibility index (Phi) is 4.71. The van der Waals surface area contributed by atoms with E-state index < -0.39 is 0 Å². The molecule has 0 aliphatic carbocycles. The number of nitrogens with zero attached hydrogens (tertiary/aromatic N) is 2. The molecule has 1 aromatic rings. The molecule has 0 saturated carbocycles. The summed E-state index contributed by atoms with van der Waals surface area (Å²) in [7, 11) is 1.66. The van der Waals surface area contributed by atoms with Crippen molar-refractivity contribution in [2.75, 3.05) is 7.11 Å². The van der Waals surface area contributed by atoms with Crippen molar-refractivity contribution >= 4 is 0 Å². The SMILES string of the molecule is CCCC(N)c1nc(CC(C)OC)no1. The molecule has 0 bridgehead atoms. The first-order valence-corrected chi connectivity index (χ1v) is 5.28. The molecule has 0 saturated heterocycles. The van der Waals surface area contributed by atoms with Gasteiger partial charge in [-0.05, 0) is 13.3 Å². The molecule has 2 atom stereocenters. The second-order valence-corrected chi connectivity index (χ2v) is 3.69. The summed E-state index contributed by atoms with van der Waals surface area (Å²) >= 11 is 0. The fraction of sp³-hybridized carbons (Fsp3) is 0.800. The van der Waals surface area contributed by atoms with Crippen LogP contribution in [0.15, 0.2) is 4.52 Å². The van der Waals surface area contributed by atoms with Gasteiger partial charge in [-0.2, -0.15) is 4.98 Å². The lowest BCUT2D eigenvalue weighted by atomic mass is 10.2. The molecule has 5 nitrogen and oxygen atoms in total. The molecule has 0 aliphatic heterocycles. The molecule has 1 rings (SSSR count). The maximum atomic E-state index is 5.85. The van der Waals surface area contributed by atoms with E-state index in [0.29, 0.717) is 18.1 Å². The molecule has 0 aromatic carbocycles. The average Bonchev–Trinajstić information content (AvgIpc) is 2.66. The van der Waals surface area contributed by atoms with Crippen molar-refractivity contribution in [1.82, 2.24) is 10.1 Å². The minimum absolute atomic E-state index is 0.0952. The first kappa shape index (κ1) is 12.1. The van der Waals surface area contributed by atoms with Gasteiger partial charge in [0.15, 0.2) is 5.82 Å². The summed E-state index contributed by atoms with van der Waals surface area (Å²) in [5, 5.41) is 3.86. The van der Waals surface area contributed by atoms with Gasteiger partial charge in [0.2, 0.25) is 5.89 Å². The van der Waals surface area contributed by atoms with Crippen LogP contribution in [0, 0.1) is 0 Å². The molecule has 2 N–H and O–H groups in total. The van der Waals surface area contributed by atoms with Crippen molar-refractivity contribution in [2.45, 2.75) is 45.3 Å². The second kappa shape index (κ2) is 5.82. The predicted octanol–water partition coefficient (Wildman–Crippen LogP) is 1.45. The summed E-state index contributed by atoms with van der Waals surface area (Å²) in [6.45, 7) is 4.03. The molecule has 2 unspecified atom stereocenters. The lowest BCUT2D eigenvalue weighted by molar-refractivity contribution is 0.116. The van der Waals surface area contributed by atoms with E-state index in [-0.39, 0.29) is 12.1 Å². The fourth-order valence-corrected chi connectivity index (χ4v) is 1.28. The van der Waals surface area contributed by atoms with Crippen LogP contribution in [0.4, 0.5) is 0 Å². The van der Waals surface area contributed by atoms with E-state index in [1.54, 1.807) is 7.11 Å². The molecule has 0 aliphatic rings. The van der Waals surface area contributed by atoms with E-state index in [9.17, 15) is 0 Å². The van der Waals surface area contributed by atoms with Crippen molar-refractivity contribution in [3.8, 4) is 0 Å². The summed E-state index contributed by atoms with van der Waals surface area (Å²) in [5.74, 6) is 1.18. The summed E-state index contributed by atoms with van der Waals surface area (Å²) in [4.78, 5) is 4.23. The molecule has 1 heterocycles. The molecular formula is C10H19N3O2. The number of hydrogen-bond acceptors (Lipinski definition) is 5. The van der Waals surface area contributed by atoms with Gasteiger partial charge >= 0.3 is 0 Å². The maximum absolute atomic E-state index is 5.85. The molecule has 1 aromatic heterocycles. The van der Waals surface area contributed by atoms with Gasteiger partial charge in [0.1, 0.15) is 0 Å². The summed E-state index contributed by atoms with van der Waals surface area (Å²) in [5.41, 5.74) is 5.85. The first-order valence-electron chi connectivity index (χ1n) is 5.28. The number of rotatable bonds is 6. The number of ether oxygens (including phenoxy) is 1. The average molecular weight is 213 g/mol. The highest BCUT2D eigenvalue weighted by atomic mass is 16.5. The van der Waals surface area contributed by atoms with Crippen LogP contribution < -0.4 is 5.73 Å². The van der Waals surface area contributed by atoms with Gasteiger partial charge in [0, 0.05) is 13.5 Å². The molecule has 0 radical (unpaired) electrons. The highest BCUT2D eigenvalue weighted by Gasteiger charge is 2.15. The zero-order valence-electron chi connectivity index (χ0n) is 9.56. The number of methoxy groups -OCH3 is 1. The lowest BCUT2D eigenvalue weighted by Crippen LogP contribution is -2.12. The van der Waals surface area contributed by atoms with Crippen LogP contribution in [0.2, 0.25) is 0 Å². The van der Waals surface area contributed by atoms with Gasteiger partial charge in [-0.15, -0.1) is 0 Å². The minimum atomic E-state index is -0.144. The third-order valence-electron chi connectivity index (χ3n) is 2.27. The third-order valence-corrected chi connectivity index (χ3v) is 2.27. The highest BCUT2D eigenvalue weighted by Crippen LogP contribution is 2.13. The van der Waals surface area contributed by atoms with Crippen LogP contribution in [0.1, 0.15) is 44.4 Å². The zero-order chi connectivity index (χ0) is 11.3. The van der Waals surface area contributed by atoms with Crippen molar-refractivity contribution in [3.63, 3.8) is 0 Å². The van der Waals surface area contributed by atoms with Gasteiger partial charge in [-0.1, -0.05) is 18.5 Å². The number of hydrogen-bond donors (Lipinski definition) is 1.